The smallest absolute Gasteiger partial charge is 0.320 e. The van der Waals surface area contributed by atoms with E-state index in [1.807, 2.05) is 0 Å². The van der Waals surface area contributed by atoms with Crippen molar-refractivity contribution < 1.29 is 23.4 Å². The highest BCUT2D eigenvalue weighted by molar-refractivity contribution is 7.89. The maximum Gasteiger partial charge on any atom is 0.320 e. The summed E-state index contributed by atoms with van der Waals surface area (Å²) >= 11 is 0. The summed E-state index contributed by atoms with van der Waals surface area (Å²) in [7, 11) is -3.73. The Labute approximate surface area is 94.9 Å². The fourth-order valence-electron chi connectivity index (χ4n) is 1.76. The molecular formula is C9H17NO5S. The van der Waals surface area contributed by atoms with E-state index in [2.05, 4.69) is 0 Å². The molecule has 1 atom stereocenters. The number of carboxylic acids is 1. The summed E-state index contributed by atoms with van der Waals surface area (Å²) in [5, 5.41) is 18.3. The first-order valence-corrected chi connectivity index (χ1v) is 6.76. The second kappa shape index (κ2) is 4.68. The van der Waals surface area contributed by atoms with Crippen molar-refractivity contribution in [1.29, 1.82) is 0 Å². The van der Waals surface area contributed by atoms with Crippen LogP contribution < -0.4 is 0 Å². The first kappa shape index (κ1) is 13.4. The molecule has 1 unspecified atom stereocenters. The molecule has 1 aliphatic heterocycles. The lowest BCUT2D eigenvalue weighted by Crippen LogP contribution is -2.37. The number of rotatable bonds is 3. The quantitative estimate of drug-likeness (QED) is 0.714. The Balaban J connectivity index is 2.71. The summed E-state index contributed by atoms with van der Waals surface area (Å²) in [5.41, 5.74) is -0.854. The van der Waals surface area contributed by atoms with Crippen molar-refractivity contribution in [2.75, 3.05) is 18.8 Å². The zero-order valence-electron chi connectivity index (χ0n) is 9.22. The van der Waals surface area contributed by atoms with Crippen LogP contribution in [0.4, 0.5) is 0 Å². The predicted octanol–water partition coefficient (Wildman–Crippen LogP) is -0.362. The molecule has 16 heavy (non-hydrogen) atoms. The van der Waals surface area contributed by atoms with Gasteiger partial charge in [-0.1, -0.05) is 0 Å². The third-order valence-electron chi connectivity index (χ3n) is 2.72. The summed E-state index contributed by atoms with van der Waals surface area (Å²) in [6.07, 6.45) is 1.42. The molecule has 2 N–H and O–H groups in total. The molecule has 1 fully saturated rings. The Morgan fingerprint density at radius 1 is 1.38 bits per heavy atom. The largest absolute Gasteiger partial charge is 0.480 e. The molecule has 0 aromatic heterocycles. The van der Waals surface area contributed by atoms with Gasteiger partial charge in [-0.15, -0.1) is 0 Å². The van der Waals surface area contributed by atoms with E-state index in [4.69, 9.17) is 5.11 Å². The van der Waals surface area contributed by atoms with Crippen LogP contribution in [0.2, 0.25) is 0 Å². The van der Waals surface area contributed by atoms with Crippen LogP contribution in [0.3, 0.4) is 0 Å². The van der Waals surface area contributed by atoms with Gasteiger partial charge in [0.2, 0.25) is 10.0 Å². The van der Waals surface area contributed by atoms with Crippen LogP contribution >= 0.6 is 0 Å². The van der Waals surface area contributed by atoms with Crippen molar-refractivity contribution in [3.63, 3.8) is 0 Å². The molecule has 1 aliphatic rings. The van der Waals surface area contributed by atoms with E-state index in [1.54, 1.807) is 6.92 Å². The van der Waals surface area contributed by atoms with Crippen LogP contribution in [-0.2, 0) is 14.8 Å². The molecule has 0 spiro atoms. The summed E-state index contributed by atoms with van der Waals surface area (Å²) in [5.74, 6) is -2.23. The average molecular weight is 251 g/mol. The second-order valence-corrected chi connectivity index (χ2v) is 6.37. The summed E-state index contributed by atoms with van der Waals surface area (Å²) in [4.78, 5) is 10.4. The number of hydrogen-bond donors (Lipinski definition) is 2. The Morgan fingerprint density at radius 2 is 2.00 bits per heavy atom. The van der Waals surface area contributed by atoms with Gasteiger partial charge in [0, 0.05) is 13.1 Å². The van der Waals surface area contributed by atoms with Gasteiger partial charge in [0.15, 0.2) is 5.75 Å². The molecule has 0 bridgehead atoms. The molecular weight excluding hydrogens is 234 g/mol. The van der Waals surface area contributed by atoms with E-state index in [0.29, 0.717) is 19.3 Å². The van der Waals surface area contributed by atoms with Gasteiger partial charge in [-0.25, -0.2) is 12.7 Å². The molecule has 0 aromatic rings. The van der Waals surface area contributed by atoms with Crippen molar-refractivity contribution in [3.05, 3.63) is 0 Å². The number of aliphatic carboxylic acids is 1. The van der Waals surface area contributed by atoms with Gasteiger partial charge in [0.1, 0.15) is 0 Å². The maximum absolute atomic E-state index is 11.6. The van der Waals surface area contributed by atoms with Crippen molar-refractivity contribution in [3.8, 4) is 0 Å². The molecule has 0 amide bonds. The van der Waals surface area contributed by atoms with Crippen molar-refractivity contribution in [2.45, 2.75) is 31.8 Å². The fourth-order valence-corrected chi connectivity index (χ4v) is 3.04. The van der Waals surface area contributed by atoms with E-state index in [1.165, 1.54) is 0 Å². The number of nitrogens with zero attached hydrogens (tertiary/aromatic N) is 1. The molecule has 0 radical (unpaired) electrons. The third kappa shape index (κ3) is 3.73. The molecule has 7 heteroatoms. The third-order valence-corrected chi connectivity index (χ3v) is 4.49. The molecule has 1 heterocycles. The first-order chi connectivity index (χ1) is 7.23. The number of hydrogen-bond acceptors (Lipinski definition) is 4. The fraction of sp³-hybridized carbons (Fsp3) is 0.889. The molecule has 1 rings (SSSR count). The minimum absolute atomic E-state index is 0.183. The average Bonchev–Trinajstić information content (AvgIpc) is 2.24. The van der Waals surface area contributed by atoms with Gasteiger partial charge in [-0.3, -0.25) is 4.79 Å². The highest BCUT2D eigenvalue weighted by atomic mass is 32.2. The predicted molar refractivity (Wildman–Crippen MR) is 57.5 cm³/mol. The Hall–Kier alpha value is -0.660. The lowest BCUT2D eigenvalue weighted by molar-refractivity contribution is -0.134. The van der Waals surface area contributed by atoms with E-state index in [-0.39, 0.29) is 13.1 Å². The highest BCUT2D eigenvalue weighted by Gasteiger charge is 2.31. The second-order valence-electron chi connectivity index (χ2n) is 4.40. The van der Waals surface area contributed by atoms with Crippen LogP contribution in [-0.4, -0.2) is 53.3 Å². The highest BCUT2D eigenvalue weighted by Crippen LogP contribution is 2.22. The van der Waals surface area contributed by atoms with Gasteiger partial charge in [0.05, 0.1) is 5.60 Å². The van der Waals surface area contributed by atoms with Crippen LogP contribution in [0.1, 0.15) is 26.2 Å². The lowest BCUT2D eigenvalue weighted by Gasteiger charge is -2.21. The van der Waals surface area contributed by atoms with Crippen molar-refractivity contribution in [1.82, 2.24) is 4.31 Å². The lowest BCUT2D eigenvalue weighted by atomic mass is 9.98. The van der Waals surface area contributed by atoms with E-state index >= 15 is 0 Å². The maximum atomic E-state index is 11.6. The number of carbonyl (C=O) groups is 1. The Morgan fingerprint density at radius 3 is 2.56 bits per heavy atom. The van der Waals surface area contributed by atoms with Crippen LogP contribution in [0.5, 0.6) is 0 Å². The van der Waals surface area contributed by atoms with Gasteiger partial charge < -0.3 is 10.2 Å². The molecule has 94 valence electrons. The van der Waals surface area contributed by atoms with Gasteiger partial charge in [-0.05, 0) is 26.2 Å². The molecule has 1 saturated heterocycles. The van der Waals surface area contributed by atoms with Crippen molar-refractivity contribution in [2.24, 2.45) is 0 Å². The van der Waals surface area contributed by atoms with Crippen LogP contribution in [0, 0.1) is 0 Å². The number of carboxylic acid groups (broad SMARTS) is 1. The molecule has 6 nitrogen and oxygen atoms in total. The normalized spacial score (nSPS) is 28.6. The Kier molecular flexibility index (Phi) is 3.92. The topological polar surface area (TPSA) is 94.9 Å². The molecule has 0 aliphatic carbocycles. The summed E-state index contributed by atoms with van der Waals surface area (Å²) in [6.45, 7) is 2.13. The van der Waals surface area contributed by atoms with E-state index < -0.39 is 27.3 Å². The van der Waals surface area contributed by atoms with Crippen LogP contribution in [0.25, 0.3) is 0 Å². The van der Waals surface area contributed by atoms with Gasteiger partial charge >= 0.3 is 5.97 Å². The Bertz CT molecular complexity index is 362. The van der Waals surface area contributed by atoms with Crippen molar-refractivity contribution >= 4 is 16.0 Å². The zero-order valence-corrected chi connectivity index (χ0v) is 10.0. The zero-order chi connectivity index (χ0) is 12.4. The molecule has 0 aromatic carbocycles. The SMILES string of the molecule is CC1(O)CCCN(S(=O)(=O)CC(=O)O)CC1. The van der Waals surface area contributed by atoms with Crippen LogP contribution in [0.15, 0.2) is 0 Å². The number of aliphatic hydroxyl groups is 1. The van der Waals surface area contributed by atoms with E-state index in [9.17, 15) is 18.3 Å². The standard InChI is InChI=1S/C9H17NO5S/c1-9(13)3-2-5-10(6-4-9)16(14,15)7-8(11)12/h13H,2-7H2,1H3,(H,11,12). The first-order valence-electron chi connectivity index (χ1n) is 5.15. The van der Waals surface area contributed by atoms with Gasteiger partial charge in [-0.2, -0.15) is 0 Å². The summed E-state index contributed by atoms with van der Waals surface area (Å²) < 4.78 is 24.4. The monoisotopic (exact) mass is 251 g/mol. The minimum Gasteiger partial charge on any atom is -0.480 e. The summed E-state index contributed by atoms with van der Waals surface area (Å²) in [6, 6.07) is 0. The minimum atomic E-state index is -3.73. The molecule has 0 saturated carbocycles. The van der Waals surface area contributed by atoms with Gasteiger partial charge in [0.25, 0.3) is 0 Å². The number of sulfonamides is 1. The van der Waals surface area contributed by atoms with E-state index in [0.717, 1.165) is 4.31 Å².